The molecular formula is C23H36N4O2. The zero-order chi connectivity index (χ0) is 20.1. The Morgan fingerprint density at radius 2 is 1.69 bits per heavy atom. The number of hydrogen-bond acceptors (Lipinski definition) is 3. The lowest BCUT2D eigenvalue weighted by Gasteiger charge is -2.35. The number of nitrogens with one attached hydrogen (secondary N) is 3. The SMILES string of the molecule is O=C(CCC1CCCCC1)NC1CC(c2cc(NC(=O)C3CCCCC3)n[nH]2)C1. The lowest BCUT2D eigenvalue weighted by molar-refractivity contribution is -0.123. The number of hydrogen-bond donors (Lipinski definition) is 3. The van der Waals surface area contributed by atoms with E-state index in [1.54, 1.807) is 0 Å². The van der Waals surface area contributed by atoms with Crippen molar-refractivity contribution < 1.29 is 9.59 Å². The Labute approximate surface area is 174 Å². The number of carbonyl (C=O) groups is 2. The summed E-state index contributed by atoms with van der Waals surface area (Å²) >= 11 is 0. The molecule has 6 nitrogen and oxygen atoms in total. The fourth-order valence-corrected chi connectivity index (χ4v) is 5.30. The first-order valence-corrected chi connectivity index (χ1v) is 11.8. The van der Waals surface area contributed by atoms with Crippen LogP contribution in [0, 0.1) is 11.8 Å². The Balaban J connectivity index is 1.15. The fraction of sp³-hybridized carbons (Fsp3) is 0.783. The summed E-state index contributed by atoms with van der Waals surface area (Å²) in [5, 5.41) is 13.5. The lowest BCUT2D eigenvalue weighted by atomic mass is 9.78. The van der Waals surface area contributed by atoms with Gasteiger partial charge in [0.1, 0.15) is 0 Å². The number of amides is 2. The molecule has 3 aliphatic rings. The molecule has 160 valence electrons. The van der Waals surface area contributed by atoms with Gasteiger partial charge < -0.3 is 10.6 Å². The molecule has 6 heteroatoms. The average molecular weight is 401 g/mol. The zero-order valence-corrected chi connectivity index (χ0v) is 17.5. The van der Waals surface area contributed by atoms with E-state index in [0.717, 1.165) is 56.6 Å². The molecule has 0 saturated heterocycles. The molecule has 3 saturated carbocycles. The lowest BCUT2D eigenvalue weighted by Crippen LogP contribution is -2.43. The fourth-order valence-electron chi connectivity index (χ4n) is 5.30. The van der Waals surface area contributed by atoms with Gasteiger partial charge in [-0.2, -0.15) is 5.10 Å². The largest absolute Gasteiger partial charge is 0.353 e. The van der Waals surface area contributed by atoms with E-state index in [-0.39, 0.29) is 23.8 Å². The molecule has 1 aromatic heterocycles. The summed E-state index contributed by atoms with van der Waals surface area (Å²) in [6.45, 7) is 0. The highest BCUT2D eigenvalue weighted by Gasteiger charge is 2.33. The van der Waals surface area contributed by atoms with Crippen LogP contribution in [0.25, 0.3) is 0 Å². The number of anilines is 1. The third-order valence-electron chi connectivity index (χ3n) is 7.27. The Kier molecular flexibility index (Phi) is 6.88. The number of H-pyrrole nitrogens is 1. The van der Waals surface area contributed by atoms with E-state index in [2.05, 4.69) is 20.8 Å². The van der Waals surface area contributed by atoms with Gasteiger partial charge in [-0.25, -0.2) is 0 Å². The van der Waals surface area contributed by atoms with Crippen LogP contribution in [0.15, 0.2) is 6.07 Å². The van der Waals surface area contributed by atoms with E-state index in [1.807, 2.05) is 6.07 Å². The smallest absolute Gasteiger partial charge is 0.228 e. The molecule has 1 aromatic rings. The van der Waals surface area contributed by atoms with E-state index in [0.29, 0.717) is 18.2 Å². The molecule has 0 atom stereocenters. The summed E-state index contributed by atoms with van der Waals surface area (Å²) in [5.41, 5.74) is 1.07. The van der Waals surface area contributed by atoms with Crippen LogP contribution in [0.1, 0.15) is 102 Å². The Morgan fingerprint density at radius 3 is 2.41 bits per heavy atom. The van der Waals surface area contributed by atoms with Gasteiger partial charge in [-0.3, -0.25) is 14.7 Å². The minimum absolute atomic E-state index is 0.111. The van der Waals surface area contributed by atoms with Gasteiger partial charge in [0.05, 0.1) is 0 Å². The molecule has 0 radical (unpaired) electrons. The molecule has 3 fully saturated rings. The van der Waals surface area contributed by atoms with Crippen LogP contribution in [-0.2, 0) is 9.59 Å². The van der Waals surface area contributed by atoms with Crippen molar-refractivity contribution in [3.05, 3.63) is 11.8 Å². The summed E-state index contributed by atoms with van der Waals surface area (Å²) in [5.74, 6) is 2.25. The zero-order valence-electron chi connectivity index (χ0n) is 17.5. The first-order chi connectivity index (χ1) is 14.2. The van der Waals surface area contributed by atoms with Gasteiger partial charge in [0.15, 0.2) is 5.82 Å². The third-order valence-corrected chi connectivity index (χ3v) is 7.27. The van der Waals surface area contributed by atoms with Crippen molar-refractivity contribution in [3.8, 4) is 0 Å². The van der Waals surface area contributed by atoms with Crippen molar-refractivity contribution in [2.75, 3.05) is 5.32 Å². The molecule has 0 aromatic carbocycles. The Morgan fingerprint density at radius 1 is 1.00 bits per heavy atom. The monoisotopic (exact) mass is 400 g/mol. The first-order valence-electron chi connectivity index (χ1n) is 11.8. The van der Waals surface area contributed by atoms with Gasteiger partial charge in [-0.1, -0.05) is 51.4 Å². The van der Waals surface area contributed by atoms with E-state index in [4.69, 9.17) is 0 Å². The van der Waals surface area contributed by atoms with Gasteiger partial charge in [-0.15, -0.1) is 0 Å². The number of rotatable bonds is 7. The maximum absolute atomic E-state index is 12.4. The Bertz CT molecular complexity index is 683. The van der Waals surface area contributed by atoms with E-state index in [1.165, 1.54) is 38.5 Å². The van der Waals surface area contributed by atoms with Crippen LogP contribution in [0.3, 0.4) is 0 Å². The van der Waals surface area contributed by atoms with Crippen molar-refractivity contribution >= 4 is 17.6 Å². The normalized spacial score (nSPS) is 25.9. The molecule has 3 aliphatic carbocycles. The third kappa shape index (κ3) is 5.61. The summed E-state index contributed by atoms with van der Waals surface area (Å²) < 4.78 is 0. The van der Waals surface area contributed by atoms with Crippen molar-refractivity contribution in [3.63, 3.8) is 0 Å². The number of nitrogens with zero attached hydrogens (tertiary/aromatic N) is 1. The molecule has 0 unspecified atom stereocenters. The predicted octanol–water partition coefficient (Wildman–Crippen LogP) is 4.65. The molecule has 29 heavy (non-hydrogen) atoms. The molecule has 0 aliphatic heterocycles. The summed E-state index contributed by atoms with van der Waals surface area (Å²) in [6.07, 6.45) is 15.8. The van der Waals surface area contributed by atoms with Gasteiger partial charge >= 0.3 is 0 Å². The van der Waals surface area contributed by atoms with Gasteiger partial charge in [0, 0.05) is 36.1 Å². The van der Waals surface area contributed by atoms with Crippen molar-refractivity contribution in [2.45, 2.75) is 102 Å². The quantitative estimate of drug-likeness (QED) is 0.622. The van der Waals surface area contributed by atoms with Gasteiger partial charge in [-0.05, 0) is 38.0 Å². The van der Waals surface area contributed by atoms with Crippen molar-refractivity contribution in [2.24, 2.45) is 11.8 Å². The highest BCUT2D eigenvalue weighted by molar-refractivity contribution is 5.91. The minimum atomic E-state index is 0.111. The second-order valence-corrected chi connectivity index (χ2v) is 9.51. The maximum Gasteiger partial charge on any atom is 0.228 e. The molecule has 0 bridgehead atoms. The van der Waals surface area contributed by atoms with Crippen LogP contribution in [0.5, 0.6) is 0 Å². The van der Waals surface area contributed by atoms with Gasteiger partial charge in [0.25, 0.3) is 0 Å². The summed E-state index contributed by atoms with van der Waals surface area (Å²) in [7, 11) is 0. The second kappa shape index (κ2) is 9.77. The summed E-state index contributed by atoms with van der Waals surface area (Å²) in [6, 6.07) is 2.24. The summed E-state index contributed by atoms with van der Waals surface area (Å²) in [4.78, 5) is 24.6. The van der Waals surface area contributed by atoms with Crippen molar-refractivity contribution in [1.29, 1.82) is 0 Å². The molecule has 1 heterocycles. The van der Waals surface area contributed by atoms with Crippen LogP contribution in [0.2, 0.25) is 0 Å². The van der Waals surface area contributed by atoms with Crippen molar-refractivity contribution in [1.82, 2.24) is 15.5 Å². The topological polar surface area (TPSA) is 86.9 Å². The van der Waals surface area contributed by atoms with E-state index in [9.17, 15) is 9.59 Å². The standard InChI is InChI=1S/C23H36N4O2/c28-22(12-11-16-7-3-1-4-8-16)24-19-13-18(14-19)20-15-21(27-26-20)25-23(29)17-9-5-2-6-10-17/h15-19H,1-14H2,(H,24,28)(H2,25,26,27,29). The maximum atomic E-state index is 12.4. The first kappa shape index (κ1) is 20.4. The highest BCUT2D eigenvalue weighted by Crippen LogP contribution is 2.37. The number of carbonyl (C=O) groups excluding carboxylic acids is 2. The second-order valence-electron chi connectivity index (χ2n) is 9.51. The van der Waals surface area contributed by atoms with Gasteiger partial charge in [0.2, 0.25) is 11.8 Å². The van der Waals surface area contributed by atoms with Crippen LogP contribution in [-0.4, -0.2) is 28.1 Å². The van der Waals surface area contributed by atoms with E-state index < -0.39 is 0 Å². The molecular weight excluding hydrogens is 364 g/mol. The van der Waals surface area contributed by atoms with Crippen LogP contribution in [0.4, 0.5) is 5.82 Å². The molecule has 4 rings (SSSR count). The molecule has 3 N–H and O–H groups in total. The van der Waals surface area contributed by atoms with Crippen LogP contribution < -0.4 is 10.6 Å². The predicted molar refractivity (Wildman–Crippen MR) is 114 cm³/mol. The Hall–Kier alpha value is -1.85. The minimum Gasteiger partial charge on any atom is -0.353 e. The number of aromatic amines is 1. The van der Waals surface area contributed by atoms with E-state index >= 15 is 0 Å². The highest BCUT2D eigenvalue weighted by atomic mass is 16.2. The van der Waals surface area contributed by atoms with Crippen LogP contribution >= 0.6 is 0 Å². The average Bonchev–Trinajstić information content (AvgIpc) is 3.18. The number of aromatic nitrogens is 2. The molecule has 2 amide bonds. The molecule has 0 spiro atoms.